The predicted octanol–water partition coefficient (Wildman–Crippen LogP) is 3.05. The smallest absolute Gasteiger partial charge is 0.262 e. The highest BCUT2D eigenvalue weighted by molar-refractivity contribution is 6.02. The second kappa shape index (κ2) is 9.47. The Kier molecular flexibility index (Phi) is 7.05. The number of hydrazone groups is 1. The van der Waals surface area contributed by atoms with Crippen LogP contribution >= 0.6 is 0 Å². The van der Waals surface area contributed by atoms with Crippen molar-refractivity contribution in [2.75, 3.05) is 26.6 Å². The van der Waals surface area contributed by atoms with Crippen molar-refractivity contribution in [1.82, 2.24) is 5.43 Å². The number of carbonyl (C=O) groups excluding carboxylic acids is 1. The number of anilines is 1. The molecule has 0 spiro atoms. The van der Waals surface area contributed by atoms with Crippen LogP contribution in [0.15, 0.2) is 47.6 Å². The minimum absolute atomic E-state index is 0.271. The van der Waals surface area contributed by atoms with E-state index in [9.17, 15) is 4.79 Å². The molecule has 1 amide bonds. The minimum atomic E-state index is -0.504. The number of methoxy groups -OCH3 is 3. The first kappa shape index (κ1) is 20.1. The summed E-state index contributed by atoms with van der Waals surface area (Å²) in [6.07, 6.45) is 0. The number of hydrogen-bond donors (Lipinski definition) is 2. The number of para-hydroxylation sites is 2. The summed E-state index contributed by atoms with van der Waals surface area (Å²) in [7, 11) is 4.75. The second-order valence-electron chi connectivity index (χ2n) is 5.81. The van der Waals surface area contributed by atoms with Crippen LogP contribution in [0.4, 0.5) is 5.69 Å². The SMILES string of the molecule is COc1ccc(C(C)=NNC(=O)C(C)Nc2ccccc2OC)c(OC)c1. The van der Waals surface area contributed by atoms with E-state index in [0.717, 1.165) is 11.3 Å². The molecule has 0 aliphatic rings. The fourth-order valence-electron chi connectivity index (χ4n) is 2.46. The lowest BCUT2D eigenvalue weighted by atomic mass is 10.1. The van der Waals surface area contributed by atoms with E-state index in [1.54, 1.807) is 41.2 Å². The van der Waals surface area contributed by atoms with E-state index >= 15 is 0 Å². The molecule has 0 aliphatic carbocycles. The van der Waals surface area contributed by atoms with Gasteiger partial charge < -0.3 is 19.5 Å². The molecule has 2 aromatic carbocycles. The maximum absolute atomic E-state index is 12.4. The summed E-state index contributed by atoms with van der Waals surface area (Å²) in [5.74, 6) is 1.69. The molecule has 0 saturated carbocycles. The van der Waals surface area contributed by atoms with Crippen molar-refractivity contribution in [3.63, 3.8) is 0 Å². The van der Waals surface area contributed by atoms with Gasteiger partial charge in [-0.15, -0.1) is 0 Å². The van der Waals surface area contributed by atoms with Crippen molar-refractivity contribution in [2.45, 2.75) is 19.9 Å². The number of ether oxygens (including phenoxy) is 3. The first-order chi connectivity index (χ1) is 13.0. The van der Waals surface area contributed by atoms with Gasteiger partial charge in [-0.2, -0.15) is 5.10 Å². The van der Waals surface area contributed by atoms with Crippen LogP contribution in [-0.4, -0.2) is 39.0 Å². The molecule has 2 N–H and O–H groups in total. The summed E-state index contributed by atoms with van der Waals surface area (Å²) in [4.78, 5) is 12.4. The molecule has 1 unspecified atom stereocenters. The Hall–Kier alpha value is -3.22. The number of hydrogen-bond acceptors (Lipinski definition) is 6. The van der Waals surface area contributed by atoms with Gasteiger partial charge in [0.15, 0.2) is 0 Å². The van der Waals surface area contributed by atoms with Crippen molar-refractivity contribution in [3.05, 3.63) is 48.0 Å². The number of carbonyl (C=O) groups is 1. The van der Waals surface area contributed by atoms with Crippen LogP contribution in [0.25, 0.3) is 0 Å². The van der Waals surface area contributed by atoms with Crippen molar-refractivity contribution >= 4 is 17.3 Å². The summed E-state index contributed by atoms with van der Waals surface area (Å²) in [5, 5.41) is 7.30. The number of nitrogens with zero attached hydrogens (tertiary/aromatic N) is 1. The number of amides is 1. The van der Waals surface area contributed by atoms with Gasteiger partial charge in [0.2, 0.25) is 0 Å². The highest BCUT2D eigenvalue weighted by atomic mass is 16.5. The Morgan fingerprint density at radius 3 is 2.37 bits per heavy atom. The zero-order chi connectivity index (χ0) is 19.8. The van der Waals surface area contributed by atoms with Gasteiger partial charge in [0, 0.05) is 11.6 Å². The second-order valence-corrected chi connectivity index (χ2v) is 5.81. The van der Waals surface area contributed by atoms with Gasteiger partial charge in [0.1, 0.15) is 23.3 Å². The fourth-order valence-corrected chi connectivity index (χ4v) is 2.46. The van der Waals surface area contributed by atoms with Gasteiger partial charge in [-0.05, 0) is 38.1 Å². The van der Waals surface area contributed by atoms with Crippen molar-refractivity contribution in [3.8, 4) is 17.2 Å². The van der Waals surface area contributed by atoms with Gasteiger partial charge >= 0.3 is 0 Å². The van der Waals surface area contributed by atoms with Crippen LogP contribution < -0.4 is 25.0 Å². The van der Waals surface area contributed by atoms with Crippen LogP contribution in [-0.2, 0) is 4.79 Å². The molecule has 1 atom stereocenters. The maximum atomic E-state index is 12.4. The largest absolute Gasteiger partial charge is 0.497 e. The lowest BCUT2D eigenvalue weighted by molar-refractivity contribution is -0.121. The van der Waals surface area contributed by atoms with Crippen LogP contribution in [0, 0.1) is 0 Å². The highest BCUT2D eigenvalue weighted by Gasteiger charge is 2.15. The molecule has 27 heavy (non-hydrogen) atoms. The van der Waals surface area contributed by atoms with Gasteiger partial charge in [-0.3, -0.25) is 4.79 Å². The van der Waals surface area contributed by atoms with Crippen LogP contribution in [0.3, 0.4) is 0 Å². The van der Waals surface area contributed by atoms with Gasteiger partial charge in [-0.25, -0.2) is 5.43 Å². The molecule has 0 aliphatic heterocycles. The van der Waals surface area contributed by atoms with E-state index in [1.807, 2.05) is 36.4 Å². The monoisotopic (exact) mass is 371 g/mol. The van der Waals surface area contributed by atoms with Crippen LogP contribution in [0.5, 0.6) is 17.2 Å². The van der Waals surface area contributed by atoms with E-state index < -0.39 is 6.04 Å². The topological polar surface area (TPSA) is 81.2 Å². The molecule has 0 fully saturated rings. The Morgan fingerprint density at radius 1 is 1.00 bits per heavy atom. The maximum Gasteiger partial charge on any atom is 0.262 e. The molecule has 2 aromatic rings. The molecule has 0 bridgehead atoms. The summed E-state index contributed by atoms with van der Waals surface area (Å²) >= 11 is 0. The molecule has 144 valence electrons. The number of benzene rings is 2. The molecule has 7 heteroatoms. The van der Waals surface area contributed by atoms with E-state index in [0.29, 0.717) is 23.0 Å². The van der Waals surface area contributed by atoms with E-state index in [-0.39, 0.29) is 5.91 Å². The lowest BCUT2D eigenvalue weighted by Gasteiger charge is -2.16. The molecule has 7 nitrogen and oxygen atoms in total. The van der Waals surface area contributed by atoms with Crippen LogP contribution in [0.2, 0.25) is 0 Å². The molecule has 2 rings (SSSR count). The van der Waals surface area contributed by atoms with Gasteiger partial charge in [-0.1, -0.05) is 12.1 Å². The van der Waals surface area contributed by atoms with Crippen molar-refractivity contribution < 1.29 is 19.0 Å². The van der Waals surface area contributed by atoms with Crippen LogP contribution in [0.1, 0.15) is 19.4 Å². The average Bonchev–Trinajstić information content (AvgIpc) is 2.71. The van der Waals surface area contributed by atoms with Gasteiger partial charge in [0.25, 0.3) is 5.91 Å². The molecule has 0 radical (unpaired) electrons. The normalized spacial score (nSPS) is 12.1. The summed E-state index contributed by atoms with van der Waals surface area (Å²) in [5.41, 5.74) is 4.70. The van der Waals surface area contributed by atoms with E-state index in [4.69, 9.17) is 14.2 Å². The fraction of sp³-hybridized carbons (Fsp3) is 0.300. The quantitative estimate of drug-likeness (QED) is 0.551. The first-order valence-corrected chi connectivity index (χ1v) is 8.46. The highest BCUT2D eigenvalue weighted by Crippen LogP contribution is 2.25. The lowest BCUT2D eigenvalue weighted by Crippen LogP contribution is -2.35. The zero-order valence-electron chi connectivity index (χ0n) is 16.2. The summed E-state index contributed by atoms with van der Waals surface area (Å²) in [6.45, 7) is 3.55. The molecule has 0 heterocycles. The molecular formula is C20H25N3O4. The summed E-state index contributed by atoms with van der Waals surface area (Å²) < 4.78 is 15.8. The van der Waals surface area contributed by atoms with Crippen molar-refractivity contribution in [1.29, 1.82) is 0 Å². The standard InChI is InChI=1S/C20H25N3O4/c1-13(16-11-10-15(25-3)12-19(16)27-5)22-23-20(24)14(2)21-17-8-6-7-9-18(17)26-4/h6-12,14,21H,1-5H3,(H,23,24). The third-order valence-electron chi connectivity index (χ3n) is 4.00. The average molecular weight is 371 g/mol. The third kappa shape index (κ3) is 5.13. The van der Waals surface area contributed by atoms with Gasteiger partial charge in [0.05, 0.1) is 32.7 Å². The zero-order valence-corrected chi connectivity index (χ0v) is 16.2. The number of rotatable bonds is 8. The Balaban J connectivity index is 2.06. The third-order valence-corrected chi connectivity index (χ3v) is 4.00. The Bertz CT molecular complexity index is 821. The predicted molar refractivity (Wildman–Crippen MR) is 106 cm³/mol. The van der Waals surface area contributed by atoms with E-state index in [1.165, 1.54) is 0 Å². The molecule has 0 aromatic heterocycles. The molecular weight excluding hydrogens is 346 g/mol. The number of nitrogens with one attached hydrogen (secondary N) is 2. The first-order valence-electron chi connectivity index (χ1n) is 8.46. The summed E-state index contributed by atoms with van der Waals surface area (Å²) in [6, 6.07) is 12.3. The van der Waals surface area contributed by atoms with Crippen molar-refractivity contribution in [2.24, 2.45) is 5.10 Å². The van der Waals surface area contributed by atoms with E-state index in [2.05, 4.69) is 15.8 Å². The minimum Gasteiger partial charge on any atom is -0.497 e. The Morgan fingerprint density at radius 2 is 1.70 bits per heavy atom. The Labute approximate surface area is 159 Å². The molecule has 0 saturated heterocycles.